The van der Waals surface area contributed by atoms with Gasteiger partial charge in [-0.2, -0.15) is 4.98 Å². The van der Waals surface area contributed by atoms with Crippen LogP contribution in [0.15, 0.2) is 41.5 Å². The van der Waals surface area contributed by atoms with Crippen molar-refractivity contribution in [2.24, 2.45) is 11.8 Å². The molecule has 17 nitrogen and oxygen atoms in total. The zero-order valence-corrected chi connectivity index (χ0v) is 37.0. The van der Waals surface area contributed by atoms with E-state index in [0.29, 0.717) is 6.42 Å². The van der Waals surface area contributed by atoms with Crippen LogP contribution in [-0.2, 0) is 51.4 Å². The molecule has 62 heavy (non-hydrogen) atoms. The first kappa shape index (κ1) is 51.3. The number of benzene rings is 1. The number of fused-ring (bicyclic) bond motifs is 1. The molecule has 2 aromatic heterocycles. The van der Waals surface area contributed by atoms with Crippen LogP contribution in [0.4, 0.5) is 10.7 Å². The minimum Gasteiger partial charge on any atom is -0.465 e. The minimum atomic E-state index is -1.06. The van der Waals surface area contributed by atoms with Crippen molar-refractivity contribution in [2.45, 2.75) is 155 Å². The lowest BCUT2D eigenvalue weighted by Crippen LogP contribution is -2.46. The number of hydrogen-bond acceptors (Lipinski definition) is 14. The van der Waals surface area contributed by atoms with E-state index >= 15 is 0 Å². The molecule has 1 aromatic carbocycles. The van der Waals surface area contributed by atoms with E-state index in [0.717, 1.165) is 24.8 Å². The molecule has 2 unspecified atom stereocenters. The molecule has 3 rings (SSSR count). The maximum atomic E-state index is 13.2. The fourth-order valence-corrected chi connectivity index (χ4v) is 6.65. The zero-order valence-electron chi connectivity index (χ0n) is 37.0. The maximum Gasteiger partial charge on any atom is 0.408 e. The summed E-state index contributed by atoms with van der Waals surface area (Å²) in [5.41, 5.74) is 6.13. The van der Waals surface area contributed by atoms with Crippen molar-refractivity contribution >= 4 is 41.1 Å². The number of imidazole rings is 1. The smallest absolute Gasteiger partial charge is 0.408 e. The number of aliphatic hydroxyl groups is 1. The molecule has 5 N–H and O–H groups in total. The number of anilines is 1. The molecule has 3 atom stereocenters. The lowest BCUT2D eigenvalue weighted by Gasteiger charge is -2.23. The molecule has 0 radical (unpaired) electrons. The van der Waals surface area contributed by atoms with Gasteiger partial charge in [-0.3, -0.25) is 23.9 Å². The van der Waals surface area contributed by atoms with Gasteiger partial charge in [-0.1, -0.05) is 141 Å². The van der Waals surface area contributed by atoms with Crippen LogP contribution < -0.4 is 16.6 Å². The third kappa shape index (κ3) is 20.7. The number of H-pyrrole nitrogens is 1. The molecule has 17 heteroatoms. The largest absolute Gasteiger partial charge is 0.465 e. The first-order chi connectivity index (χ1) is 30.0. The van der Waals surface area contributed by atoms with Gasteiger partial charge in [-0.05, 0) is 17.9 Å². The summed E-state index contributed by atoms with van der Waals surface area (Å²) >= 11 is 0. The van der Waals surface area contributed by atoms with Gasteiger partial charge in [0.25, 0.3) is 5.56 Å². The van der Waals surface area contributed by atoms with E-state index in [1.807, 2.05) is 18.2 Å². The zero-order chi connectivity index (χ0) is 45.0. The molecule has 346 valence electrons. The maximum absolute atomic E-state index is 13.2. The number of nitrogens with one attached hydrogen (secondary N) is 2. The average Bonchev–Trinajstić information content (AvgIpc) is 3.67. The average molecular weight is 871 g/mol. The molecule has 1 amide bonds. The predicted molar refractivity (Wildman–Crippen MR) is 233 cm³/mol. The Bertz CT molecular complexity index is 1800. The summed E-state index contributed by atoms with van der Waals surface area (Å²) in [5, 5.41) is 12.5. The predicted octanol–water partition coefficient (Wildman–Crippen LogP) is 6.89. The van der Waals surface area contributed by atoms with E-state index in [1.165, 1.54) is 81.5 Å². The Morgan fingerprint density at radius 1 is 0.806 bits per heavy atom. The van der Waals surface area contributed by atoms with Gasteiger partial charge in [0.2, 0.25) is 5.95 Å². The number of unbranched alkanes of at least 4 members (excludes halogenated alkanes) is 14. The van der Waals surface area contributed by atoms with Crippen LogP contribution in [0, 0.1) is 11.8 Å². The van der Waals surface area contributed by atoms with Gasteiger partial charge < -0.3 is 39.8 Å². The van der Waals surface area contributed by atoms with Crippen LogP contribution in [0.25, 0.3) is 11.2 Å². The Balaban J connectivity index is 1.46. The van der Waals surface area contributed by atoms with E-state index < -0.39 is 54.2 Å². The van der Waals surface area contributed by atoms with E-state index in [-0.39, 0.29) is 69.0 Å². The highest BCUT2D eigenvalue weighted by atomic mass is 16.6. The molecule has 2 heterocycles. The van der Waals surface area contributed by atoms with E-state index in [4.69, 9.17) is 29.4 Å². The van der Waals surface area contributed by atoms with Gasteiger partial charge in [0.1, 0.15) is 32.1 Å². The SMILES string of the molecule is CCCCCCCCCCCCCCCCCC(=O)OCC(COC(=O)[C@@H](NC(=O)OCc1ccccc1)C(C)C)CC(=O)OCC(CO)OCn1cnc2c(=O)[nH]c(N)nc21. The van der Waals surface area contributed by atoms with Crippen molar-refractivity contribution in [1.29, 1.82) is 0 Å². The highest BCUT2D eigenvalue weighted by Crippen LogP contribution is 2.16. The van der Waals surface area contributed by atoms with Crippen molar-refractivity contribution in [3.05, 3.63) is 52.6 Å². The van der Waals surface area contributed by atoms with Gasteiger partial charge in [-0.15, -0.1) is 0 Å². The lowest BCUT2D eigenvalue weighted by molar-refractivity contribution is -0.158. The fraction of sp³-hybridized carbons (Fsp3) is 0.667. The fourth-order valence-electron chi connectivity index (χ4n) is 6.65. The normalized spacial score (nSPS) is 12.8. The molecule has 0 bridgehead atoms. The van der Waals surface area contributed by atoms with Crippen LogP contribution >= 0.6 is 0 Å². The van der Waals surface area contributed by atoms with E-state index in [9.17, 15) is 29.1 Å². The third-order valence-electron chi connectivity index (χ3n) is 10.4. The minimum absolute atomic E-state index is 0.0115. The molecule has 0 aliphatic heterocycles. The van der Waals surface area contributed by atoms with Gasteiger partial charge in [0, 0.05) is 12.3 Å². The summed E-state index contributed by atoms with van der Waals surface area (Å²) in [4.78, 5) is 74.2. The second kappa shape index (κ2) is 30.1. The molecule has 0 saturated heterocycles. The number of carbonyl (C=O) groups excluding carboxylic acids is 4. The molecule has 3 aromatic rings. The van der Waals surface area contributed by atoms with Crippen molar-refractivity contribution in [3.63, 3.8) is 0 Å². The first-order valence-electron chi connectivity index (χ1n) is 22.4. The Morgan fingerprint density at radius 3 is 2.02 bits per heavy atom. The summed E-state index contributed by atoms with van der Waals surface area (Å²) < 4.78 is 28.9. The number of aliphatic hydroxyl groups excluding tert-OH is 1. The summed E-state index contributed by atoms with van der Waals surface area (Å²) in [6.45, 7) is 4.16. The molecule has 0 aliphatic rings. The molecule has 0 fully saturated rings. The number of aromatic amines is 1. The standard InChI is InChI=1S/C45H70N6O11/c1-4-5-6-7-8-9-10-11-12-13-14-15-16-17-21-24-37(53)58-28-35(29-60-43(56)39(33(2)3)48-45(57)61-27-34-22-19-18-20-23-34)25-38(54)59-30-36(26-52)62-32-51-31-47-40-41(51)49-44(46)50-42(40)55/h18-20,22-23,31,33,35-36,39,52H,4-17,21,24-30,32H2,1-3H3,(H,48,57)(H3,46,49,50,55)/t35?,36?,39-/m0/s1. The van der Waals surface area contributed by atoms with Gasteiger partial charge >= 0.3 is 24.0 Å². The Hall–Kier alpha value is -5.03. The van der Waals surface area contributed by atoms with Gasteiger partial charge in [0.15, 0.2) is 11.2 Å². The Labute approximate surface area is 365 Å². The van der Waals surface area contributed by atoms with Crippen molar-refractivity contribution in [1.82, 2.24) is 24.8 Å². The lowest BCUT2D eigenvalue weighted by atomic mass is 10.0. The van der Waals surface area contributed by atoms with Crippen molar-refractivity contribution < 1.29 is 48.0 Å². The molecule has 0 saturated carbocycles. The van der Waals surface area contributed by atoms with Crippen molar-refractivity contribution in [3.8, 4) is 0 Å². The number of rotatable bonds is 33. The Kier molecular flexibility index (Phi) is 24.9. The van der Waals surface area contributed by atoms with Crippen LogP contribution in [0.5, 0.6) is 0 Å². The molecule has 0 aliphatic carbocycles. The highest BCUT2D eigenvalue weighted by molar-refractivity contribution is 5.81. The number of ether oxygens (including phenoxy) is 5. The molecular formula is C45H70N6O11. The van der Waals surface area contributed by atoms with Crippen LogP contribution in [-0.4, -0.2) is 87.2 Å². The molecular weight excluding hydrogens is 801 g/mol. The number of nitrogen functional groups attached to an aromatic ring is 1. The summed E-state index contributed by atoms with van der Waals surface area (Å²) in [5.74, 6) is -3.15. The number of nitrogens with zero attached hydrogens (tertiary/aromatic N) is 3. The number of esters is 3. The number of nitrogens with two attached hydrogens (primary N) is 1. The number of alkyl carbamates (subject to hydrolysis) is 1. The van der Waals surface area contributed by atoms with Crippen LogP contribution in [0.1, 0.15) is 135 Å². The van der Waals surface area contributed by atoms with Crippen LogP contribution in [0.3, 0.4) is 0 Å². The number of carbonyl (C=O) groups is 4. The van der Waals surface area contributed by atoms with E-state index in [1.54, 1.807) is 26.0 Å². The number of amides is 1. The quantitative estimate of drug-likeness (QED) is 0.0277. The summed E-state index contributed by atoms with van der Waals surface area (Å²) in [6.07, 6.45) is 17.6. The van der Waals surface area contributed by atoms with Crippen molar-refractivity contribution in [2.75, 3.05) is 32.2 Å². The summed E-state index contributed by atoms with van der Waals surface area (Å²) in [7, 11) is 0. The third-order valence-corrected chi connectivity index (χ3v) is 10.4. The van der Waals surface area contributed by atoms with Gasteiger partial charge in [-0.25, -0.2) is 14.6 Å². The topological polar surface area (TPSA) is 236 Å². The second-order valence-corrected chi connectivity index (χ2v) is 16.1. The van der Waals surface area contributed by atoms with Crippen LogP contribution in [0.2, 0.25) is 0 Å². The summed E-state index contributed by atoms with van der Waals surface area (Å²) in [6, 6.07) is 8.03. The van der Waals surface area contributed by atoms with Gasteiger partial charge in [0.05, 0.1) is 32.6 Å². The first-order valence-corrected chi connectivity index (χ1v) is 22.4. The molecule has 0 spiro atoms. The van der Waals surface area contributed by atoms with E-state index in [2.05, 4.69) is 27.2 Å². The second-order valence-electron chi connectivity index (χ2n) is 16.1. The highest BCUT2D eigenvalue weighted by Gasteiger charge is 2.28. The monoisotopic (exact) mass is 871 g/mol. The number of hydrogen-bond donors (Lipinski definition) is 4. The number of aromatic nitrogens is 4. The Morgan fingerprint density at radius 2 is 1.40 bits per heavy atom.